The second-order valence-electron chi connectivity index (χ2n) is 7.43. The van der Waals surface area contributed by atoms with Gasteiger partial charge < -0.3 is 9.88 Å². The molecular weight excluding hydrogens is 348 g/mol. The fourth-order valence-electron chi connectivity index (χ4n) is 4.18. The van der Waals surface area contributed by atoms with Crippen molar-refractivity contribution < 1.29 is 4.79 Å². The number of rotatable bonds is 5. The van der Waals surface area contributed by atoms with Crippen molar-refractivity contribution in [3.63, 3.8) is 0 Å². The minimum Gasteiger partial charge on any atom is -0.360 e. The molecule has 146 valence electrons. The molecule has 1 amide bonds. The Kier molecular flexibility index (Phi) is 5.44. The number of fused-ring (bicyclic) bond motifs is 1. The van der Waals surface area contributed by atoms with Crippen LogP contribution < -0.4 is 4.90 Å². The summed E-state index contributed by atoms with van der Waals surface area (Å²) in [4.78, 5) is 25.5. The third-order valence-corrected chi connectivity index (χ3v) is 5.87. The van der Waals surface area contributed by atoms with Crippen molar-refractivity contribution in [2.75, 3.05) is 31.1 Å². The third-order valence-electron chi connectivity index (χ3n) is 5.87. The molecule has 28 heavy (non-hydrogen) atoms. The van der Waals surface area contributed by atoms with Crippen LogP contribution >= 0.6 is 0 Å². The number of piperidine rings is 1. The highest BCUT2D eigenvalue weighted by molar-refractivity contribution is 6.06. The Morgan fingerprint density at radius 3 is 2.57 bits per heavy atom. The summed E-state index contributed by atoms with van der Waals surface area (Å²) in [5.74, 6) is 1.23. The summed E-state index contributed by atoms with van der Waals surface area (Å²) in [5.41, 5.74) is 4.02. The number of H-pyrrole nitrogens is 1. The lowest BCUT2D eigenvalue weighted by atomic mass is 9.90. The summed E-state index contributed by atoms with van der Waals surface area (Å²) < 4.78 is 0. The first-order chi connectivity index (χ1) is 13.7. The molecule has 1 aromatic carbocycles. The van der Waals surface area contributed by atoms with Gasteiger partial charge in [-0.3, -0.25) is 9.69 Å². The number of amides is 1. The maximum absolute atomic E-state index is 13.0. The van der Waals surface area contributed by atoms with Crippen LogP contribution in [0.4, 0.5) is 5.82 Å². The normalized spacial score (nSPS) is 15.8. The van der Waals surface area contributed by atoms with Gasteiger partial charge >= 0.3 is 0 Å². The maximum atomic E-state index is 13.0. The Morgan fingerprint density at radius 1 is 1.14 bits per heavy atom. The molecule has 3 heterocycles. The van der Waals surface area contributed by atoms with Crippen molar-refractivity contribution in [2.24, 2.45) is 0 Å². The van der Waals surface area contributed by atoms with E-state index in [-0.39, 0.29) is 5.91 Å². The second-order valence-corrected chi connectivity index (χ2v) is 7.43. The fraction of sp³-hybridized carbons (Fsp3) is 0.391. The van der Waals surface area contributed by atoms with Gasteiger partial charge in [-0.05, 0) is 75.1 Å². The molecule has 4 rings (SSSR count). The van der Waals surface area contributed by atoms with Gasteiger partial charge in [0.05, 0.1) is 11.0 Å². The lowest BCUT2D eigenvalue weighted by Crippen LogP contribution is -2.32. The SMILES string of the molecule is CCN1CCC(c2c[nH]c3ccc(N(CC)C(=O)c4ccccc4)nc23)CC1. The topological polar surface area (TPSA) is 52.2 Å². The summed E-state index contributed by atoms with van der Waals surface area (Å²) in [5, 5.41) is 0. The fourth-order valence-corrected chi connectivity index (χ4v) is 4.18. The number of pyridine rings is 1. The number of carbonyl (C=O) groups is 1. The van der Waals surface area contributed by atoms with Crippen LogP contribution in [0.1, 0.15) is 48.5 Å². The second kappa shape index (κ2) is 8.15. The summed E-state index contributed by atoms with van der Waals surface area (Å²) in [6.45, 7) is 8.20. The molecule has 1 aliphatic rings. The Hall–Kier alpha value is -2.66. The third kappa shape index (κ3) is 3.54. The van der Waals surface area contributed by atoms with E-state index >= 15 is 0 Å². The van der Waals surface area contributed by atoms with Gasteiger partial charge in [0.15, 0.2) is 0 Å². The van der Waals surface area contributed by atoms with Crippen LogP contribution in [-0.2, 0) is 0 Å². The summed E-state index contributed by atoms with van der Waals surface area (Å²) in [6, 6.07) is 13.4. The molecule has 0 radical (unpaired) electrons. The van der Waals surface area contributed by atoms with Gasteiger partial charge in [0.25, 0.3) is 5.91 Å². The number of hydrogen-bond acceptors (Lipinski definition) is 3. The lowest BCUT2D eigenvalue weighted by molar-refractivity contribution is 0.0987. The molecule has 1 saturated heterocycles. The van der Waals surface area contributed by atoms with Gasteiger partial charge in [0, 0.05) is 18.3 Å². The predicted molar refractivity (Wildman–Crippen MR) is 114 cm³/mol. The number of nitrogens with one attached hydrogen (secondary N) is 1. The average Bonchev–Trinajstić information content (AvgIpc) is 3.18. The highest BCUT2D eigenvalue weighted by atomic mass is 16.2. The van der Waals surface area contributed by atoms with E-state index in [9.17, 15) is 4.79 Å². The first-order valence-electron chi connectivity index (χ1n) is 10.3. The van der Waals surface area contributed by atoms with Crippen LogP contribution in [0, 0.1) is 0 Å². The highest BCUT2D eigenvalue weighted by Gasteiger charge is 2.24. The Labute approximate surface area is 166 Å². The van der Waals surface area contributed by atoms with Crippen LogP contribution in [0.15, 0.2) is 48.7 Å². The Morgan fingerprint density at radius 2 is 1.89 bits per heavy atom. The number of anilines is 1. The van der Waals surface area contributed by atoms with Crippen LogP contribution in [0.3, 0.4) is 0 Å². The van der Waals surface area contributed by atoms with Crippen molar-refractivity contribution in [3.05, 3.63) is 59.8 Å². The van der Waals surface area contributed by atoms with Crippen molar-refractivity contribution in [2.45, 2.75) is 32.6 Å². The highest BCUT2D eigenvalue weighted by Crippen LogP contribution is 2.33. The molecule has 1 fully saturated rings. The number of likely N-dealkylation sites (tertiary alicyclic amines) is 1. The average molecular weight is 377 g/mol. The molecule has 0 atom stereocenters. The van der Waals surface area contributed by atoms with E-state index in [2.05, 4.69) is 23.0 Å². The van der Waals surface area contributed by atoms with E-state index in [1.165, 1.54) is 5.56 Å². The van der Waals surface area contributed by atoms with Gasteiger partial charge in [-0.15, -0.1) is 0 Å². The first-order valence-corrected chi connectivity index (χ1v) is 10.3. The molecule has 5 nitrogen and oxygen atoms in total. The largest absolute Gasteiger partial charge is 0.360 e. The minimum atomic E-state index is -0.0108. The van der Waals surface area contributed by atoms with Crippen molar-refractivity contribution in [1.82, 2.24) is 14.9 Å². The van der Waals surface area contributed by atoms with Gasteiger partial charge in [-0.25, -0.2) is 4.98 Å². The standard InChI is InChI=1S/C23H28N4O/c1-3-26-14-12-17(13-15-26)19-16-24-20-10-11-21(25-22(19)20)27(4-2)23(28)18-8-6-5-7-9-18/h5-11,16-17,24H,3-4,12-15H2,1-2H3. The van der Waals surface area contributed by atoms with Gasteiger partial charge in [0.1, 0.15) is 5.82 Å². The number of benzene rings is 1. The maximum Gasteiger partial charge on any atom is 0.259 e. The molecule has 1 N–H and O–H groups in total. The van der Waals surface area contributed by atoms with Crippen molar-refractivity contribution in [3.8, 4) is 0 Å². The molecule has 0 bridgehead atoms. The van der Waals surface area contributed by atoms with E-state index in [0.29, 0.717) is 18.0 Å². The van der Waals surface area contributed by atoms with E-state index in [1.54, 1.807) is 4.90 Å². The zero-order valence-electron chi connectivity index (χ0n) is 16.7. The summed E-state index contributed by atoms with van der Waals surface area (Å²) in [6.07, 6.45) is 4.43. The zero-order valence-corrected chi connectivity index (χ0v) is 16.7. The number of hydrogen-bond donors (Lipinski definition) is 1. The first kappa shape index (κ1) is 18.7. The van der Waals surface area contributed by atoms with E-state index in [1.807, 2.05) is 49.4 Å². The molecule has 0 aliphatic carbocycles. The Bertz CT molecular complexity index is 942. The minimum absolute atomic E-state index is 0.0108. The molecule has 2 aromatic heterocycles. The predicted octanol–water partition coefficient (Wildman–Crippen LogP) is 4.43. The quantitative estimate of drug-likeness (QED) is 0.717. The Balaban J connectivity index is 1.64. The molecule has 0 spiro atoms. The number of carbonyl (C=O) groups excluding carboxylic acids is 1. The number of nitrogens with zero attached hydrogens (tertiary/aromatic N) is 3. The lowest BCUT2D eigenvalue weighted by Gasteiger charge is -2.30. The number of aromatic nitrogens is 2. The molecule has 1 aliphatic heterocycles. The van der Waals surface area contributed by atoms with Gasteiger partial charge in [-0.1, -0.05) is 25.1 Å². The molecule has 5 heteroatoms. The van der Waals surface area contributed by atoms with Crippen LogP contribution in [0.25, 0.3) is 11.0 Å². The van der Waals surface area contributed by atoms with E-state index in [0.717, 1.165) is 49.3 Å². The summed E-state index contributed by atoms with van der Waals surface area (Å²) in [7, 11) is 0. The van der Waals surface area contributed by atoms with E-state index < -0.39 is 0 Å². The molecular formula is C23H28N4O. The van der Waals surface area contributed by atoms with Crippen molar-refractivity contribution >= 4 is 22.8 Å². The zero-order chi connectivity index (χ0) is 19.5. The number of aromatic amines is 1. The molecule has 0 saturated carbocycles. The summed E-state index contributed by atoms with van der Waals surface area (Å²) >= 11 is 0. The van der Waals surface area contributed by atoms with Gasteiger partial charge in [-0.2, -0.15) is 0 Å². The van der Waals surface area contributed by atoms with E-state index in [4.69, 9.17) is 4.98 Å². The monoisotopic (exact) mass is 376 g/mol. The van der Waals surface area contributed by atoms with Crippen LogP contribution in [0.5, 0.6) is 0 Å². The molecule has 3 aromatic rings. The van der Waals surface area contributed by atoms with Crippen LogP contribution in [0.2, 0.25) is 0 Å². The molecule has 0 unspecified atom stereocenters. The smallest absolute Gasteiger partial charge is 0.259 e. The van der Waals surface area contributed by atoms with Crippen molar-refractivity contribution in [1.29, 1.82) is 0 Å². The van der Waals surface area contributed by atoms with Crippen LogP contribution in [-0.4, -0.2) is 47.0 Å². The van der Waals surface area contributed by atoms with Gasteiger partial charge in [0.2, 0.25) is 0 Å².